The normalized spacial score (nSPS) is 14.6. The molecule has 0 fully saturated rings. The Balaban J connectivity index is 1.51. The molecule has 1 aromatic heterocycles. The van der Waals surface area contributed by atoms with E-state index in [-0.39, 0.29) is 6.54 Å². The third-order valence-corrected chi connectivity index (χ3v) is 5.24. The van der Waals surface area contributed by atoms with Gasteiger partial charge in [0.25, 0.3) is 5.91 Å². The SMILES string of the molecule is CC(NC(=O)CN1Cc2cccc(Nc3ccc4c(cnn4C)c3)c2C1=O)C(F)(F)F. The highest BCUT2D eigenvalue weighted by Gasteiger charge is 2.38. The summed E-state index contributed by atoms with van der Waals surface area (Å²) in [7, 11) is 1.85. The molecule has 0 saturated heterocycles. The average Bonchev–Trinajstić information content (AvgIpc) is 3.21. The lowest BCUT2D eigenvalue weighted by Gasteiger charge is -2.20. The molecule has 0 radical (unpaired) electrons. The molecule has 0 bridgehead atoms. The third kappa shape index (κ3) is 4.05. The fourth-order valence-corrected chi connectivity index (χ4v) is 3.59. The number of hydrogen-bond donors (Lipinski definition) is 2. The summed E-state index contributed by atoms with van der Waals surface area (Å²) in [5, 5.41) is 10.3. The molecule has 7 nitrogen and oxygen atoms in total. The molecular formula is C21H20F3N5O2. The highest BCUT2D eigenvalue weighted by Crippen LogP contribution is 2.32. The molecule has 2 amide bonds. The van der Waals surface area contributed by atoms with Gasteiger partial charge in [0.1, 0.15) is 12.6 Å². The smallest absolute Gasteiger partial charge is 0.355 e. The summed E-state index contributed by atoms with van der Waals surface area (Å²) in [5.74, 6) is -1.27. The van der Waals surface area contributed by atoms with Crippen LogP contribution in [0.1, 0.15) is 22.8 Å². The monoisotopic (exact) mass is 431 g/mol. The number of carbonyl (C=O) groups excluding carboxylic acids is 2. The maximum atomic E-state index is 12.9. The lowest BCUT2D eigenvalue weighted by molar-refractivity contribution is -0.158. The van der Waals surface area contributed by atoms with Crippen LogP contribution in [-0.4, -0.2) is 45.3 Å². The number of benzene rings is 2. The molecule has 1 atom stereocenters. The zero-order chi connectivity index (χ0) is 22.3. The predicted molar refractivity (Wildman–Crippen MR) is 109 cm³/mol. The number of aryl methyl sites for hydroxylation is 1. The number of carbonyl (C=O) groups is 2. The standard InChI is InChI=1S/C21H20F3N5O2/c1-12(21(22,23)24)26-18(30)11-29-10-13-4-3-5-16(19(13)20(29)31)27-15-6-7-17-14(8-15)9-25-28(17)2/h3-9,12,27H,10-11H2,1-2H3,(H,26,30). The van der Waals surface area contributed by atoms with Gasteiger partial charge in [0, 0.05) is 24.7 Å². The molecule has 0 saturated carbocycles. The zero-order valence-corrected chi connectivity index (χ0v) is 16.8. The number of halogens is 3. The minimum absolute atomic E-state index is 0.152. The molecule has 1 aliphatic heterocycles. The Kier molecular flexibility index (Phi) is 5.08. The second-order valence-electron chi connectivity index (χ2n) is 7.50. The van der Waals surface area contributed by atoms with E-state index in [1.54, 1.807) is 29.1 Å². The maximum absolute atomic E-state index is 12.9. The zero-order valence-electron chi connectivity index (χ0n) is 16.8. The molecule has 3 aromatic rings. The Morgan fingerprint density at radius 2 is 2.03 bits per heavy atom. The Morgan fingerprint density at radius 3 is 2.77 bits per heavy atom. The van der Waals surface area contributed by atoms with E-state index < -0.39 is 30.6 Å². The molecule has 162 valence electrons. The Labute approximate surface area is 175 Å². The number of rotatable bonds is 5. The molecule has 10 heteroatoms. The number of alkyl halides is 3. The number of anilines is 2. The predicted octanol–water partition coefficient (Wildman–Crippen LogP) is 3.34. The van der Waals surface area contributed by atoms with Crippen LogP contribution in [0.25, 0.3) is 10.9 Å². The topological polar surface area (TPSA) is 79.3 Å². The van der Waals surface area contributed by atoms with Crippen molar-refractivity contribution in [2.75, 3.05) is 11.9 Å². The third-order valence-electron chi connectivity index (χ3n) is 5.24. The van der Waals surface area contributed by atoms with Gasteiger partial charge in [-0.2, -0.15) is 18.3 Å². The number of amides is 2. The van der Waals surface area contributed by atoms with E-state index in [9.17, 15) is 22.8 Å². The number of fused-ring (bicyclic) bond motifs is 2. The van der Waals surface area contributed by atoms with Crippen LogP contribution in [0.5, 0.6) is 0 Å². The van der Waals surface area contributed by atoms with E-state index >= 15 is 0 Å². The summed E-state index contributed by atoms with van der Waals surface area (Å²) in [6.45, 7) is 0.563. The van der Waals surface area contributed by atoms with Crippen LogP contribution >= 0.6 is 0 Å². The van der Waals surface area contributed by atoms with Crippen molar-refractivity contribution in [3.05, 3.63) is 53.7 Å². The number of nitrogens with zero attached hydrogens (tertiary/aromatic N) is 3. The maximum Gasteiger partial charge on any atom is 0.408 e. The highest BCUT2D eigenvalue weighted by molar-refractivity contribution is 6.05. The molecule has 2 N–H and O–H groups in total. The first kappa shape index (κ1) is 20.7. The van der Waals surface area contributed by atoms with Crippen molar-refractivity contribution in [1.29, 1.82) is 0 Å². The van der Waals surface area contributed by atoms with Gasteiger partial charge in [-0.3, -0.25) is 14.3 Å². The lowest BCUT2D eigenvalue weighted by atomic mass is 10.1. The van der Waals surface area contributed by atoms with Crippen LogP contribution < -0.4 is 10.6 Å². The summed E-state index contributed by atoms with van der Waals surface area (Å²) in [4.78, 5) is 26.2. The quantitative estimate of drug-likeness (QED) is 0.650. The van der Waals surface area contributed by atoms with Crippen molar-refractivity contribution in [3.8, 4) is 0 Å². The van der Waals surface area contributed by atoms with Gasteiger partial charge < -0.3 is 15.5 Å². The van der Waals surface area contributed by atoms with Crippen LogP contribution in [0.3, 0.4) is 0 Å². The molecule has 31 heavy (non-hydrogen) atoms. The van der Waals surface area contributed by atoms with E-state index in [0.717, 1.165) is 23.5 Å². The minimum atomic E-state index is -4.54. The van der Waals surface area contributed by atoms with Gasteiger partial charge in [0.2, 0.25) is 5.91 Å². The van der Waals surface area contributed by atoms with Crippen molar-refractivity contribution >= 4 is 34.1 Å². The van der Waals surface area contributed by atoms with Crippen molar-refractivity contribution in [2.24, 2.45) is 7.05 Å². The van der Waals surface area contributed by atoms with Crippen LogP contribution in [0.4, 0.5) is 24.5 Å². The van der Waals surface area contributed by atoms with Gasteiger partial charge >= 0.3 is 6.18 Å². The van der Waals surface area contributed by atoms with Crippen molar-refractivity contribution < 1.29 is 22.8 Å². The summed E-state index contributed by atoms with van der Waals surface area (Å²) in [5.41, 5.74) is 3.40. The van der Waals surface area contributed by atoms with Crippen LogP contribution in [0, 0.1) is 0 Å². The van der Waals surface area contributed by atoms with E-state index in [1.165, 1.54) is 4.90 Å². The summed E-state index contributed by atoms with van der Waals surface area (Å²) in [6.07, 6.45) is -2.80. The van der Waals surface area contributed by atoms with E-state index in [2.05, 4.69) is 10.4 Å². The largest absolute Gasteiger partial charge is 0.408 e. The molecule has 2 aromatic carbocycles. The van der Waals surface area contributed by atoms with Gasteiger partial charge in [0.15, 0.2) is 0 Å². The minimum Gasteiger partial charge on any atom is -0.355 e. The molecule has 2 heterocycles. The van der Waals surface area contributed by atoms with E-state index in [0.29, 0.717) is 16.8 Å². The molecule has 0 spiro atoms. The van der Waals surface area contributed by atoms with Gasteiger partial charge in [-0.1, -0.05) is 12.1 Å². The summed E-state index contributed by atoms with van der Waals surface area (Å²) >= 11 is 0. The second kappa shape index (κ2) is 7.60. The lowest BCUT2D eigenvalue weighted by Crippen LogP contribution is -2.47. The van der Waals surface area contributed by atoms with Gasteiger partial charge in [-0.15, -0.1) is 0 Å². The van der Waals surface area contributed by atoms with Crippen molar-refractivity contribution in [2.45, 2.75) is 25.7 Å². The first-order chi connectivity index (χ1) is 14.6. The summed E-state index contributed by atoms with van der Waals surface area (Å²) < 4.78 is 39.7. The average molecular weight is 431 g/mol. The molecule has 4 rings (SSSR count). The van der Waals surface area contributed by atoms with Gasteiger partial charge in [-0.05, 0) is 36.8 Å². The first-order valence-electron chi connectivity index (χ1n) is 9.59. The number of hydrogen-bond acceptors (Lipinski definition) is 4. The first-order valence-corrected chi connectivity index (χ1v) is 9.59. The van der Waals surface area contributed by atoms with Crippen molar-refractivity contribution in [1.82, 2.24) is 20.0 Å². The highest BCUT2D eigenvalue weighted by atomic mass is 19.4. The van der Waals surface area contributed by atoms with Gasteiger partial charge in [-0.25, -0.2) is 0 Å². The molecular weight excluding hydrogens is 411 g/mol. The van der Waals surface area contributed by atoms with Crippen LogP contribution in [-0.2, 0) is 18.4 Å². The van der Waals surface area contributed by atoms with Crippen LogP contribution in [0.2, 0.25) is 0 Å². The fourth-order valence-electron chi connectivity index (χ4n) is 3.59. The number of aromatic nitrogens is 2. The van der Waals surface area contributed by atoms with E-state index in [1.807, 2.05) is 30.6 Å². The fraction of sp³-hybridized carbons (Fsp3) is 0.286. The van der Waals surface area contributed by atoms with E-state index in [4.69, 9.17) is 0 Å². The molecule has 0 aliphatic carbocycles. The Bertz CT molecular complexity index is 1170. The summed E-state index contributed by atoms with van der Waals surface area (Å²) in [6, 6.07) is 9.00. The molecule has 1 aliphatic rings. The Morgan fingerprint density at radius 1 is 1.26 bits per heavy atom. The van der Waals surface area contributed by atoms with Gasteiger partial charge in [0.05, 0.1) is 23.0 Å². The van der Waals surface area contributed by atoms with Crippen LogP contribution in [0.15, 0.2) is 42.6 Å². The Hall–Kier alpha value is -3.56. The van der Waals surface area contributed by atoms with Crippen molar-refractivity contribution in [3.63, 3.8) is 0 Å². The second-order valence-corrected chi connectivity index (χ2v) is 7.50. The number of nitrogens with one attached hydrogen (secondary N) is 2. The molecule has 1 unspecified atom stereocenters.